The molecular weight excluding hydrogens is 1140 g/mol. The number of pyridine rings is 2. The molecule has 20 nitrogen and oxygen atoms in total. The molecule has 0 aliphatic carbocycles. The number of hydrogen-bond acceptors (Lipinski definition) is 16. The van der Waals surface area contributed by atoms with Gasteiger partial charge in [-0.05, 0) is 103 Å². The number of hydrogen-bond donors (Lipinski definition) is 0. The number of nitrogens with zero attached hydrogens (tertiary/aromatic N) is 7. The fourth-order valence-electron chi connectivity index (χ4n) is 10.2. The number of esters is 2. The van der Waals surface area contributed by atoms with Crippen molar-refractivity contribution in [3.63, 3.8) is 0 Å². The molecule has 6 aromatic rings. The lowest BCUT2D eigenvalue weighted by Gasteiger charge is -2.38. The van der Waals surface area contributed by atoms with Gasteiger partial charge in [-0.25, -0.2) is 26.4 Å². The zero-order valence-electron chi connectivity index (χ0n) is 44.3. The number of aromatic nitrogens is 2. The number of β-lactam (4-membered cyclic amide) rings is 2. The molecule has 0 bridgehead atoms. The van der Waals surface area contributed by atoms with Crippen LogP contribution < -0.4 is 0 Å². The predicted molar refractivity (Wildman–Crippen MR) is 294 cm³/mol. The van der Waals surface area contributed by atoms with E-state index in [9.17, 15) is 57.6 Å². The van der Waals surface area contributed by atoms with Crippen LogP contribution >= 0.6 is 0 Å². The number of sulfone groups is 2. The Kier molecular flexibility index (Phi) is 16.1. The first-order chi connectivity index (χ1) is 39.2. The Morgan fingerprint density at radius 1 is 0.639 bits per heavy atom. The van der Waals surface area contributed by atoms with Crippen molar-refractivity contribution in [3.8, 4) is 0 Å². The van der Waals surface area contributed by atoms with Gasteiger partial charge in [-0.15, -0.1) is 0 Å². The molecule has 2 amide bonds. The molecule has 4 fully saturated rings. The second-order valence-electron chi connectivity index (χ2n) is 20.4. The highest BCUT2D eigenvalue weighted by atomic mass is 32.2. The van der Waals surface area contributed by atoms with Crippen LogP contribution in [0.15, 0.2) is 174 Å². The third-order valence-electron chi connectivity index (χ3n) is 14.5. The topological polar surface area (TPSA) is 279 Å². The van der Waals surface area contributed by atoms with Gasteiger partial charge in [0.1, 0.15) is 9.49 Å². The molecule has 0 spiro atoms. The first-order valence-corrected chi connectivity index (χ1v) is 29.8. The van der Waals surface area contributed by atoms with E-state index in [1.165, 1.54) is 46.0 Å². The summed E-state index contributed by atoms with van der Waals surface area (Å²) in [6.07, 6.45) is 3.48. The van der Waals surface area contributed by atoms with Gasteiger partial charge >= 0.3 is 27.6 Å². The van der Waals surface area contributed by atoms with Crippen LogP contribution in [-0.4, -0.2) is 107 Å². The predicted octanol–water partition coefficient (Wildman–Crippen LogP) is 8.26. The number of halogens is 3. The number of carbonyl (C=O) groups is 4. The number of carbonyl (C=O) groups excluding carboxylic acids is 4. The fourth-order valence-corrected chi connectivity index (χ4v) is 14.8. The summed E-state index contributed by atoms with van der Waals surface area (Å²) >= 11 is 0. The van der Waals surface area contributed by atoms with Crippen LogP contribution in [0.1, 0.15) is 84.7 Å². The minimum Gasteiger partial charge on any atom is -0.451 e. The number of rotatable bonds is 15. The Morgan fingerprint density at radius 2 is 0.988 bits per heavy atom. The molecule has 4 saturated heterocycles. The maximum absolute atomic E-state index is 13.7. The summed E-state index contributed by atoms with van der Waals surface area (Å²) in [5.41, 5.74) is 6.38. The number of alkyl halides is 3. The van der Waals surface area contributed by atoms with Crippen molar-refractivity contribution in [3.05, 3.63) is 224 Å². The summed E-state index contributed by atoms with van der Waals surface area (Å²) in [6.45, 7) is 4.64. The highest BCUT2D eigenvalue weighted by molar-refractivity contribution is 7.94. The van der Waals surface area contributed by atoms with Crippen LogP contribution in [0.2, 0.25) is 0 Å². The maximum atomic E-state index is 13.7. The SMILES string of the molecule is CC1(C)[C@H](C(=O)OC(c2ccccc2)c2ccccc2)N2C(=O)/C(=C/c3cc(CN=[N+]=[N-])ccn3)[C@H]2S1(=O)=O.CC1(C)[C@H](C(=O)OC(c2ccccc2)c2ccccc2)N2C(=O)/C(=C/c3cc(COS(=O)(=O)C(F)(F)F)ccn3)[C@H]2S1(=O)=O. The smallest absolute Gasteiger partial charge is 0.451 e. The summed E-state index contributed by atoms with van der Waals surface area (Å²) in [4.78, 5) is 67.0. The average molecular weight is 1190 g/mol. The van der Waals surface area contributed by atoms with Crippen molar-refractivity contribution in [2.24, 2.45) is 5.11 Å². The molecule has 0 radical (unpaired) electrons. The molecule has 6 heterocycles. The van der Waals surface area contributed by atoms with Crippen LogP contribution in [0.25, 0.3) is 22.6 Å². The van der Waals surface area contributed by atoms with E-state index in [0.717, 1.165) is 39.3 Å². The second-order valence-corrected chi connectivity index (χ2v) is 27.2. The first-order valence-electron chi connectivity index (χ1n) is 25.3. The van der Waals surface area contributed by atoms with Crippen LogP contribution in [-0.2, 0) is 75.8 Å². The molecule has 430 valence electrons. The van der Waals surface area contributed by atoms with Crippen molar-refractivity contribution in [1.82, 2.24) is 19.8 Å². The van der Waals surface area contributed by atoms with Gasteiger partial charge in [-0.1, -0.05) is 126 Å². The molecule has 4 atom stereocenters. The Hall–Kier alpha value is -8.55. The Labute approximate surface area is 474 Å². The van der Waals surface area contributed by atoms with Crippen LogP contribution in [0.5, 0.6) is 0 Å². The van der Waals surface area contributed by atoms with E-state index in [2.05, 4.69) is 24.2 Å². The molecule has 0 saturated carbocycles. The van der Waals surface area contributed by atoms with Gasteiger partial charge < -0.3 is 19.3 Å². The highest BCUT2D eigenvalue weighted by Gasteiger charge is 2.72. The van der Waals surface area contributed by atoms with Gasteiger partial charge in [0.25, 0.3) is 11.8 Å². The van der Waals surface area contributed by atoms with Crippen molar-refractivity contribution >= 4 is 65.7 Å². The molecule has 0 unspecified atom stereocenters. The number of ether oxygens (including phenoxy) is 2. The third kappa shape index (κ3) is 11.0. The van der Waals surface area contributed by atoms with E-state index in [1.54, 1.807) is 72.8 Å². The van der Waals surface area contributed by atoms with E-state index >= 15 is 0 Å². The summed E-state index contributed by atoms with van der Waals surface area (Å²) in [6, 6.07) is 38.7. The average Bonchev–Trinajstić information content (AvgIpc) is 1.85. The number of fused-ring (bicyclic) bond motifs is 2. The van der Waals surface area contributed by atoms with Gasteiger partial charge in [-0.3, -0.25) is 23.7 Å². The normalized spacial score (nSPS) is 21.7. The molecule has 10 rings (SSSR count). The molecule has 4 aromatic carbocycles. The molecule has 0 N–H and O–H groups in total. The molecule has 2 aromatic heterocycles. The Bertz CT molecular complexity index is 3900. The lowest BCUT2D eigenvalue weighted by Crippen LogP contribution is -2.59. The Balaban J connectivity index is 0.000000201. The second kappa shape index (κ2) is 22.7. The minimum absolute atomic E-state index is 0.0227. The van der Waals surface area contributed by atoms with Gasteiger partial charge in [0.2, 0.25) is 0 Å². The van der Waals surface area contributed by atoms with E-state index in [-0.39, 0.29) is 28.9 Å². The summed E-state index contributed by atoms with van der Waals surface area (Å²) in [7, 11) is -14.1. The van der Waals surface area contributed by atoms with E-state index in [4.69, 9.17) is 15.0 Å². The quantitative estimate of drug-likeness (QED) is 0.0137. The number of benzene rings is 4. The van der Waals surface area contributed by atoms with E-state index in [0.29, 0.717) is 22.4 Å². The van der Waals surface area contributed by atoms with Crippen molar-refractivity contribution in [2.45, 2.75) is 90.9 Å². The van der Waals surface area contributed by atoms with E-state index < -0.39 is 110 Å². The maximum Gasteiger partial charge on any atom is 0.523 e. The first kappa shape index (κ1) is 59.1. The molecule has 83 heavy (non-hydrogen) atoms. The largest absolute Gasteiger partial charge is 0.523 e. The van der Waals surface area contributed by atoms with Crippen LogP contribution in [0.4, 0.5) is 13.2 Å². The number of azide groups is 1. The van der Waals surface area contributed by atoms with Crippen LogP contribution in [0.3, 0.4) is 0 Å². The van der Waals surface area contributed by atoms with Gasteiger partial charge in [-0.2, -0.15) is 21.6 Å². The molecule has 4 aliphatic heterocycles. The minimum atomic E-state index is -5.85. The Morgan fingerprint density at radius 3 is 1.34 bits per heavy atom. The zero-order valence-corrected chi connectivity index (χ0v) is 46.8. The van der Waals surface area contributed by atoms with Crippen LogP contribution in [0, 0.1) is 0 Å². The van der Waals surface area contributed by atoms with Gasteiger partial charge in [0.05, 0.1) is 35.7 Å². The molecular formula is C57H50F3N7O13S3. The summed E-state index contributed by atoms with van der Waals surface area (Å²) < 4.78 is 128. The molecule has 26 heteroatoms. The number of amides is 2. The standard InChI is InChI=1S/C29H25F3N2O8S2.C28H25N5O5S/c1-28(2)24(27(36)42-23(19-9-5-3-6-10-19)20-11-7-4-8-12-20)34-25(35)22(26(34)43(28,37)38)16-21-15-18(13-14-33-21)17-41-44(39,40)29(30,31)32;1-28(2)24(27(35)38-23(19-9-5-3-6-10-19)20-11-7-4-8-12-20)33-25(34)22(26(33)39(28,36)37)16-21-15-18(13-14-30-21)17-31-32-29/h3-16,23-24,26H,17H2,1-2H3;3-16,23-24,26H,17H2,1-2H3/b2*22-16-/t2*24-,26+/m00/s1. The van der Waals surface area contributed by atoms with Gasteiger partial charge in [0, 0.05) is 17.3 Å². The molecule has 4 aliphatic rings. The third-order valence-corrected chi connectivity index (χ3v) is 21.0. The monoisotopic (exact) mass is 1190 g/mol. The van der Waals surface area contributed by atoms with Crippen molar-refractivity contribution in [2.75, 3.05) is 0 Å². The van der Waals surface area contributed by atoms with Crippen molar-refractivity contribution in [1.29, 1.82) is 0 Å². The lowest BCUT2D eigenvalue weighted by molar-refractivity contribution is -0.160. The fraction of sp³-hybridized carbons (Fsp3) is 0.263. The van der Waals surface area contributed by atoms with Crippen molar-refractivity contribution < 1.29 is 71.3 Å². The summed E-state index contributed by atoms with van der Waals surface area (Å²) in [5.74, 6) is -3.07. The lowest BCUT2D eigenvalue weighted by atomic mass is 9.94. The zero-order chi connectivity index (χ0) is 59.9. The van der Waals surface area contributed by atoms with E-state index in [1.807, 2.05) is 60.7 Å². The highest BCUT2D eigenvalue weighted by Crippen LogP contribution is 2.51. The van der Waals surface area contributed by atoms with Gasteiger partial charge in [0.15, 0.2) is 54.7 Å². The summed E-state index contributed by atoms with van der Waals surface area (Å²) in [5, 5.41) is 0.702.